The van der Waals surface area contributed by atoms with E-state index in [2.05, 4.69) is 5.32 Å². The molecule has 1 amide bonds. The van der Waals surface area contributed by atoms with Crippen molar-refractivity contribution in [3.05, 3.63) is 48.0 Å². The first kappa shape index (κ1) is 19.1. The number of carbonyl (C=O) groups is 2. The van der Waals surface area contributed by atoms with Crippen LogP contribution in [0.15, 0.2) is 42.5 Å². The Morgan fingerprint density at radius 3 is 2.84 bits per heavy atom. The lowest BCUT2D eigenvalue weighted by Crippen LogP contribution is -2.44. The average molecular weight is 347 g/mol. The van der Waals surface area contributed by atoms with Gasteiger partial charge in [0.25, 0.3) is 0 Å². The number of nitrogens with one attached hydrogen (secondary N) is 1. The largest absolute Gasteiger partial charge is 0.445 e. The summed E-state index contributed by atoms with van der Waals surface area (Å²) in [5.74, 6) is -0.167. The number of aldehydes is 1. The van der Waals surface area contributed by atoms with Gasteiger partial charge < -0.3 is 24.3 Å². The van der Waals surface area contributed by atoms with Crippen molar-refractivity contribution in [1.82, 2.24) is 5.32 Å². The molecular formula is C19H25NO5. The van der Waals surface area contributed by atoms with Crippen LogP contribution in [0.25, 0.3) is 0 Å². The normalized spacial score (nSPS) is 22.4. The maximum absolute atomic E-state index is 12.0. The molecule has 1 aliphatic carbocycles. The first-order valence-electron chi connectivity index (χ1n) is 8.40. The zero-order chi connectivity index (χ0) is 17.9. The lowest BCUT2D eigenvalue weighted by atomic mass is 9.79. The van der Waals surface area contributed by atoms with Crippen LogP contribution in [0.5, 0.6) is 0 Å². The number of methoxy groups -OCH3 is 1. The molecule has 0 saturated heterocycles. The summed E-state index contributed by atoms with van der Waals surface area (Å²) >= 11 is 0. The Bertz CT molecular complexity index is 560. The zero-order valence-corrected chi connectivity index (χ0v) is 14.4. The van der Waals surface area contributed by atoms with Gasteiger partial charge >= 0.3 is 6.09 Å². The molecule has 0 saturated carbocycles. The second-order valence-electron chi connectivity index (χ2n) is 5.97. The number of benzene rings is 1. The van der Waals surface area contributed by atoms with Gasteiger partial charge in [0, 0.05) is 19.6 Å². The van der Waals surface area contributed by atoms with Crippen molar-refractivity contribution < 1.29 is 23.8 Å². The maximum Gasteiger partial charge on any atom is 0.407 e. The third kappa shape index (κ3) is 6.32. The van der Waals surface area contributed by atoms with Crippen molar-refractivity contribution in [3.63, 3.8) is 0 Å². The molecule has 136 valence electrons. The predicted octanol–water partition coefficient (Wildman–Crippen LogP) is 2.68. The summed E-state index contributed by atoms with van der Waals surface area (Å²) in [6, 6.07) is 9.10. The molecule has 6 heteroatoms. The second-order valence-corrected chi connectivity index (χ2v) is 5.97. The van der Waals surface area contributed by atoms with E-state index >= 15 is 0 Å². The zero-order valence-electron chi connectivity index (χ0n) is 14.4. The minimum absolute atomic E-state index is 0.124. The molecular weight excluding hydrogens is 322 g/mol. The summed E-state index contributed by atoms with van der Waals surface area (Å²) < 4.78 is 15.4. The molecule has 0 spiro atoms. The van der Waals surface area contributed by atoms with Gasteiger partial charge in [-0.3, -0.25) is 0 Å². The number of alkyl carbamates (subject to hydrolysis) is 1. The van der Waals surface area contributed by atoms with Crippen LogP contribution >= 0.6 is 0 Å². The lowest BCUT2D eigenvalue weighted by Gasteiger charge is -2.31. The van der Waals surface area contributed by atoms with Crippen LogP contribution in [0.1, 0.15) is 18.4 Å². The third-order valence-corrected chi connectivity index (χ3v) is 4.23. The summed E-state index contributed by atoms with van der Waals surface area (Å²) in [6.45, 7) is 0.951. The summed E-state index contributed by atoms with van der Waals surface area (Å²) in [5.41, 5.74) is 0.914. The third-order valence-electron chi connectivity index (χ3n) is 4.23. The Balaban J connectivity index is 1.82. The van der Waals surface area contributed by atoms with Gasteiger partial charge in [-0.25, -0.2) is 4.79 Å². The Morgan fingerprint density at radius 1 is 1.32 bits per heavy atom. The summed E-state index contributed by atoms with van der Waals surface area (Å²) in [4.78, 5) is 23.6. The van der Waals surface area contributed by atoms with Gasteiger partial charge in [0.15, 0.2) is 0 Å². The van der Waals surface area contributed by atoms with Crippen LogP contribution in [-0.4, -0.2) is 38.9 Å². The molecule has 0 aromatic heterocycles. The van der Waals surface area contributed by atoms with E-state index in [4.69, 9.17) is 14.2 Å². The Hall–Kier alpha value is -2.18. The minimum Gasteiger partial charge on any atom is -0.445 e. The van der Waals surface area contributed by atoms with Crippen molar-refractivity contribution >= 4 is 12.4 Å². The van der Waals surface area contributed by atoms with Crippen LogP contribution in [0.2, 0.25) is 0 Å². The molecule has 1 aromatic carbocycles. The van der Waals surface area contributed by atoms with Crippen LogP contribution in [0, 0.1) is 11.8 Å². The average Bonchev–Trinajstić information content (AvgIpc) is 2.64. The van der Waals surface area contributed by atoms with Gasteiger partial charge in [-0.1, -0.05) is 42.5 Å². The molecule has 6 nitrogen and oxygen atoms in total. The van der Waals surface area contributed by atoms with Crippen molar-refractivity contribution in [2.45, 2.75) is 25.5 Å². The number of hydrogen-bond donors (Lipinski definition) is 1. The number of allylic oxidation sites excluding steroid dienone is 1. The fourth-order valence-corrected chi connectivity index (χ4v) is 2.91. The van der Waals surface area contributed by atoms with Gasteiger partial charge in [0.05, 0.1) is 6.04 Å². The standard InChI is InChI=1S/C19H25NO5/c1-23-14-24-11-10-16-8-5-9-18(17(16)12-21)20-19(22)25-13-15-6-3-2-4-7-15/h2-7,9,12,16-18H,8,10-11,13-14H2,1H3,(H,20,22). The molecule has 1 aliphatic rings. The highest BCUT2D eigenvalue weighted by Gasteiger charge is 2.31. The van der Waals surface area contributed by atoms with E-state index in [0.717, 1.165) is 24.7 Å². The quantitative estimate of drug-likeness (QED) is 0.322. The van der Waals surface area contributed by atoms with E-state index in [-0.39, 0.29) is 31.3 Å². The smallest absolute Gasteiger partial charge is 0.407 e. The molecule has 3 unspecified atom stereocenters. The molecule has 0 aliphatic heterocycles. The van der Waals surface area contributed by atoms with Crippen LogP contribution in [-0.2, 0) is 25.6 Å². The van der Waals surface area contributed by atoms with Crippen LogP contribution in [0.4, 0.5) is 4.79 Å². The number of amides is 1. The van der Waals surface area contributed by atoms with E-state index in [1.807, 2.05) is 42.5 Å². The molecule has 3 atom stereocenters. The molecule has 25 heavy (non-hydrogen) atoms. The molecule has 0 radical (unpaired) electrons. The highest BCUT2D eigenvalue weighted by Crippen LogP contribution is 2.27. The lowest BCUT2D eigenvalue weighted by molar-refractivity contribution is -0.113. The number of ether oxygens (including phenoxy) is 3. The highest BCUT2D eigenvalue weighted by molar-refractivity contribution is 5.69. The minimum atomic E-state index is -0.526. The molecule has 0 bridgehead atoms. The summed E-state index contributed by atoms with van der Waals surface area (Å²) in [7, 11) is 1.57. The first-order valence-corrected chi connectivity index (χ1v) is 8.40. The Labute approximate surface area is 148 Å². The topological polar surface area (TPSA) is 73.9 Å². The second kappa shape index (κ2) is 10.6. The molecule has 1 aromatic rings. The number of hydrogen-bond acceptors (Lipinski definition) is 5. The van der Waals surface area contributed by atoms with Gasteiger partial charge in [-0.15, -0.1) is 0 Å². The summed E-state index contributed by atoms with van der Waals surface area (Å²) in [6.07, 6.45) is 5.75. The van der Waals surface area contributed by atoms with Gasteiger partial charge in [0.2, 0.25) is 0 Å². The Morgan fingerprint density at radius 2 is 2.12 bits per heavy atom. The van der Waals surface area contributed by atoms with Crippen molar-refractivity contribution in [3.8, 4) is 0 Å². The Kier molecular flexibility index (Phi) is 8.15. The van der Waals surface area contributed by atoms with Crippen molar-refractivity contribution in [2.75, 3.05) is 20.5 Å². The van der Waals surface area contributed by atoms with Crippen molar-refractivity contribution in [2.24, 2.45) is 11.8 Å². The van der Waals surface area contributed by atoms with E-state index in [1.165, 1.54) is 0 Å². The van der Waals surface area contributed by atoms with Crippen molar-refractivity contribution in [1.29, 1.82) is 0 Å². The van der Waals surface area contributed by atoms with E-state index < -0.39 is 6.09 Å². The number of carbonyl (C=O) groups excluding carboxylic acids is 2. The molecule has 1 N–H and O–H groups in total. The maximum atomic E-state index is 12.0. The van der Waals surface area contributed by atoms with Gasteiger partial charge in [-0.2, -0.15) is 0 Å². The SMILES string of the molecule is COCOCCC1CC=CC(NC(=O)OCc2ccccc2)C1C=O. The van der Waals surface area contributed by atoms with E-state index in [9.17, 15) is 9.59 Å². The molecule has 0 fully saturated rings. The molecule has 0 heterocycles. The molecule has 2 rings (SSSR count). The predicted molar refractivity (Wildman–Crippen MR) is 92.8 cm³/mol. The fraction of sp³-hybridized carbons (Fsp3) is 0.474. The first-order chi connectivity index (χ1) is 12.2. The van der Waals surface area contributed by atoms with Gasteiger partial charge in [0.1, 0.15) is 19.7 Å². The monoisotopic (exact) mass is 347 g/mol. The highest BCUT2D eigenvalue weighted by atomic mass is 16.7. The van der Waals surface area contributed by atoms with Crippen LogP contribution < -0.4 is 5.32 Å². The van der Waals surface area contributed by atoms with E-state index in [0.29, 0.717) is 6.61 Å². The summed E-state index contributed by atoms with van der Waals surface area (Å²) in [5, 5.41) is 2.78. The van der Waals surface area contributed by atoms with E-state index in [1.54, 1.807) is 7.11 Å². The fourth-order valence-electron chi connectivity index (χ4n) is 2.91. The number of rotatable bonds is 9. The van der Waals surface area contributed by atoms with Crippen LogP contribution in [0.3, 0.4) is 0 Å². The van der Waals surface area contributed by atoms with Gasteiger partial charge in [-0.05, 0) is 24.3 Å².